The Bertz CT molecular complexity index is 584. The molecule has 0 aliphatic rings. The topological polar surface area (TPSA) is 34.2 Å². The minimum atomic E-state index is -0.352. The van der Waals surface area contributed by atoms with E-state index in [0.29, 0.717) is 28.6 Å². The summed E-state index contributed by atoms with van der Waals surface area (Å²) < 4.78 is 19.7. The summed E-state index contributed by atoms with van der Waals surface area (Å²) in [4.78, 5) is 4.23. The molecule has 0 amide bonds. The third-order valence-corrected chi connectivity index (χ3v) is 3.23. The zero-order chi connectivity index (χ0) is 15.2. The number of pyridine rings is 1. The van der Waals surface area contributed by atoms with Crippen molar-refractivity contribution in [1.82, 2.24) is 10.3 Å². The van der Waals surface area contributed by atoms with Gasteiger partial charge in [0.25, 0.3) is 0 Å². The van der Waals surface area contributed by atoms with Crippen LogP contribution in [0.5, 0.6) is 11.6 Å². The molecule has 0 bridgehead atoms. The second kappa shape index (κ2) is 7.52. The second-order valence-corrected chi connectivity index (χ2v) is 6.12. The summed E-state index contributed by atoms with van der Waals surface area (Å²) in [6.45, 7) is 5.88. The summed E-state index contributed by atoms with van der Waals surface area (Å²) in [5, 5.41) is 3.35. The quantitative estimate of drug-likeness (QED) is 0.829. The minimum Gasteiger partial charge on any atom is -0.439 e. The fraction of sp³-hybridized carbons (Fsp3) is 0.312. The summed E-state index contributed by atoms with van der Waals surface area (Å²) in [6.07, 6.45) is 1.66. The lowest BCUT2D eigenvalue weighted by molar-refractivity contribution is 0.446. The zero-order valence-corrected chi connectivity index (χ0v) is 13.7. The van der Waals surface area contributed by atoms with Gasteiger partial charge in [-0.25, -0.2) is 9.37 Å². The van der Waals surface area contributed by atoms with Gasteiger partial charge >= 0.3 is 0 Å². The molecule has 3 nitrogen and oxygen atoms in total. The number of hydrogen-bond acceptors (Lipinski definition) is 3. The van der Waals surface area contributed by atoms with Crippen molar-refractivity contribution in [3.05, 3.63) is 52.4 Å². The average Bonchev–Trinajstić information content (AvgIpc) is 2.39. The first kappa shape index (κ1) is 15.9. The number of ether oxygens (including phenoxy) is 1. The molecule has 5 heteroatoms. The van der Waals surface area contributed by atoms with E-state index in [1.807, 2.05) is 12.1 Å². The van der Waals surface area contributed by atoms with Crippen LogP contribution in [0.15, 0.2) is 41.0 Å². The smallest absolute Gasteiger partial charge is 0.223 e. The van der Waals surface area contributed by atoms with Gasteiger partial charge in [0.2, 0.25) is 5.88 Å². The summed E-state index contributed by atoms with van der Waals surface area (Å²) >= 11 is 3.25. The Kier molecular flexibility index (Phi) is 5.70. The molecular weight excluding hydrogens is 335 g/mol. The maximum atomic E-state index is 13.4. The van der Waals surface area contributed by atoms with E-state index in [9.17, 15) is 4.39 Å². The fourth-order valence-electron chi connectivity index (χ4n) is 1.85. The third-order valence-electron chi connectivity index (χ3n) is 2.77. The van der Waals surface area contributed by atoms with Gasteiger partial charge in [-0.2, -0.15) is 0 Å². The molecule has 1 aromatic carbocycles. The van der Waals surface area contributed by atoms with E-state index >= 15 is 0 Å². The van der Waals surface area contributed by atoms with E-state index in [1.165, 1.54) is 12.1 Å². The molecule has 1 heterocycles. The zero-order valence-electron chi connectivity index (χ0n) is 12.1. The van der Waals surface area contributed by atoms with Gasteiger partial charge in [0.15, 0.2) is 0 Å². The molecule has 0 aliphatic heterocycles. The number of benzene rings is 1. The van der Waals surface area contributed by atoms with E-state index in [1.54, 1.807) is 12.3 Å². The highest BCUT2D eigenvalue weighted by Gasteiger charge is 2.08. The predicted molar refractivity (Wildman–Crippen MR) is 85.0 cm³/mol. The van der Waals surface area contributed by atoms with Crippen molar-refractivity contribution >= 4 is 15.9 Å². The molecular formula is C16H18BrFN2O. The molecule has 1 aromatic heterocycles. The van der Waals surface area contributed by atoms with Crippen LogP contribution >= 0.6 is 15.9 Å². The Morgan fingerprint density at radius 1 is 1.33 bits per heavy atom. The van der Waals surface area contributed by atoms with Crippen molar-refractivity contribution in [3.8, 4) is 11.6 Å². The maximum absolute atomic E-state index is 13.4. The van der Waals surface area contributed by atoms with Crippen molar-refractivity contribution in [2.75, 3.05) is 6.54 Å². The highest BCUT2D eigenvalue weighted by atomic mass is 79.9. The van der Waals surface area contributed by atoms with Gasteiger partial charge in [-0.3, -0.25) is 0 Å². The van der Waals surface area contributed by atoms with E-state index in [-0.39, 0.29) is 5.82 Å². The van der Waals surface area contributed by atoms with Crippen LogP contribution in [-0.2, 0) is 6.54 Å². The maximum Gasteiger partial charge on any atom is 0.223 e. The SMILES string of the molecule is CC(C)CNCc1cccnc1Oc1cc(F)cc(Br)c1. The Morgan fingerprint density at radius 2 is 2.14 bits per heavy atom. The van der Waals surface area contributed by atoms with Crippen molar-refractivity contribution in [2.24, 2.45) is 5.92 Å². The second-order valence-electron chi connectivity index (χ2n) is 5.20. The highest BCUT2D eigenvalue weighted by molar-refractivity contribution is 9.10. The van der Waals surface area contributed by atoms with Gasteiger partial charge in [-0.1, -0.05) is 35.8 Å². The number of hydrogen-bond donors (Lipinski definition) is 1. The number of nitrogens with zero attached hydrogens (tertiary/aromatic N) is 1. The van der Waals surface area contributed by atoms with Crippen LogP contribution in [0.4, 0.5) is 4.39 Å². The van der Waals surface area contributed by atoms with Crippen molar-refractivity contribution in [2.45, 2.75) is 20.4 Å². The lowest BCUT2D eigenvalue weighted by atomic mass is 10.2. The van der Waals surface area contributed by atoms with Crippen molar-refractivity contribution < 1.29 is 9.13 Å². The van der Waals surface area contributed by atoms with E-state index in [4.69, 9.17) is 4.74 Å². The molecule has 0 saturated heterocycles. The molecule has 0 spiro atoms. The summed E-state index contributed by atoms with van der Waals surface area (Å²) in [5.74, 6) is 1.14. The van der Waals surface area contributed by atoms with Crippen LogP contribution in [0.25, 0.3) is 0 Å². The largest absolute Gasteiger partial charge is 0.439 e. The Labute approximate surface area is 132 Å². The molecule has 2 aromatic rings. The van der Waals surface area contributed by atoms with Gasteiger partial charge in [-0.15, -0.1) is 0 Å². The van der Waals surface area contributed by atoms with Crippen LogP contribution in [0.3, 0.4) is 0 Å². The Balaban J connectivity index is 2.12. The molecule has 1 N–H and O–H groups in total. The fourth-order valence-corrected chi connectivity index (χ4v) is 2.29. The van der Waals surface area contributed by atoms with Gasteiger partial charge in [0, 0.05) is 28.8 Å². The van der Waals surface area contributed by atoms with Crippen molar-refractivity contribution in [1.29, 1.82) is 0 Å². The van der Waals surface area contributed by atoms with E-state index in [0.717, 1.165) is 12.1 Å². The average molecular weight is 353 g/mol. The molecule has 0 aliphatic carbocycles. The van der Waals surface area contributed by atoms with Crippen LogP contribution in [0.1, 0.15) is 19.4 Å². The monoisotopic (exact) mass is 352 g/mol. The van der Waals surface area contributed by atoms with Crippen LogP contribution in [0, 0.1) is 11.7 Å². The first-order valence-corrected chi connectivity index (χ1v) is 7.62. The number of nitrogens with one attached hydrogen (secondary N) is 1. The molecule has 0 atom stereocenters. The summed E-state index contributed by atoms with van der Waals surface area (Å²) in [7, 11) is 0. The highest BCUT2D eigenvalue weighted by Crippen LogP contribution is 2.26. The number of aromatic nitrogens is 1. The van der Waals surface area contributed by atoms with Gasteiger partial charge in [0.05, 0.1) is 0 Å². The number of rotatable bonds is 6. The molecule has 21 heavy (non-hydrogen) atoms. The Morgan fingerprint density at radius 3 is 2.86 bits per heavy atom. The molecule has 0 unspecified atom stereocenters. The van der Waals surface area contributed by atoms with Gasteiger partial charge < -0.3 is 10.1 Å². The third kappa shape index (κ3) is 5.10. The summed E-state index contributed by atoms with van der Waals surface area (Å²) in [6, 6.07) is 8.25. The molecule has 0 saturated carbocycles. The lowest BCUT2D eigenvalue weighted by Gasteiger charge is -2.12. The van der Waals surface area contributed by atoms with Gasteiger partial charge in [-0.05, 0) is 30.7 Å². The van der Waals surface area contributed by atoms with Crippen LogP contribution in [-0.4, -0.2) is 11.5 Å². The van der Waals surface area contributed by atoms with Crippen molar-refractivity contribution in [3.63, 3.8) is 0 Å². The van der Waals surface area contributed by atoms with E-state index in [2.05, 4.69) is 40.1 Å². The molecule has 0 fully saturated rings. The van der Waals surface area contributed by atoms with Crippen LogP contribution in [0.2, 0.25) is 0 Å². The van der Waals surface area contributed by atoms with Gasteiger partial charge in [0.1, 0.15) is 11.6 Å². The standard InChI is InChI=1S/C16H18BrFN2O/c1-11(2)9-19-10-12-4-3-5-20-16(12)21-15-7-13(17)6-14(18)8-15/h3-8,11,19H,9-10H2,1-2H3. The molecule has 0 radical (unpaired) electrons. The first-order valence-electron chi connectivity index (χ1n) is 6.83. The number of halogens is 2. The Hall–Kier alpha value is -1.46. The summed E-state index contributed by atoms with van der Waals surface area (Å²) in [5.41, 5.74) is 0.943. The molecule has 2 rings (SSSR count). The first-order chi connectivity index (χ1) is 10.0. The minimum absolute atomic E-state index is 0.352. The normalized spacial score (nSPS) is 10.9. The molecule has 112 valence electrons. The van der Waals surface area contributed by atoms with E-state index < -0.39 is 0 Å². The predicted octanol–water partition coefficient (Wildman–Crippen LogP) is 4.52. The van der Waals surface area contributed by atoms with Crippen LogP contribution < -0.4 is 10.1 Å². The lowest BCUT2D eigenvalue weighted by Crippen LogP contribution is -2.19.